The Labute approximate surface area is 94.0 Å². The summed E-state index contributed by atoms with van der Waals surface area (Å²) in [5.41, 5.74) is 2.28. The first-order valence-corrected chi connectivity index (χ1v) is 5.94. The Hall–Kier alpha value is -1.35. The van der Waals surface area contributed by atoms with Crippen LogP contribution < -0.4 is 5.32 Å². The van der Waals surface area contributed by atoms with E-state index in [2.05, 4.69) is 41.7 Å². The maximum absolute atomic E-state index is 4.56. The number of aryl methyl sites for hydroxylation is 1. The molecule has 2 aromatic rings. The molecule has 0 bridgehead atoms. The van der Waals surface area contributed by atoms with Crippen molar-refractivity contribution in [2.24, 2.45) is 0 Å². The molecule has 0 aliphatic rings. The Kier molecular flexibility index (Phi) is 3.02. The summed E-state index contributed by atoms with van der Waals surface area (Å²) in [5.74, 6) is 0.945. The Bertz CT molecular complexity index is 448. The predicted octanol–water partition coefficient (Wildman–Crippen LogP) is 3.55. The molecule has 0 aromatic carbocycles. The highest BCUT2D eigenvalue weighted by atomic mass is 32.1. The van der Waals surface area contributed by atoms with Crippen LogP contribution in [0.1, 0.15) is 11.8 Å². The van der Waals surface area contributed by atoms with Crippen LogP contribution in [0.5, 0.6) is 0 Å². The van der Waals surface area contributed by atoms with Crippen molar-refractivity contribution in [1.29, 1.82) is 0 Å². The monoisotopic (exact) mass is 218 g/mol. The van der Waals surface area contributed by atoms with E-state index < -0.39 is 0 Å². The van der Waals surface area contributed by atoms with Gasteiger partial charge in [-0.05, 0) is 37.4 Å². The molecular formula is C12H14N2S. The van der Waals surface area contributed by atoms with Crippen LogP contribution in [0.4, 0.5) is 5.82 Å². The van der Waals surface area contributed by atoms with Crippen molar-refractivity contribution in [3.8, 4) is 11.3 Å². The third kappa shape index (κ3) is 2.18. The molecule has 2 rings (SSSR count). The van der Waals surface area contributed by atoms with E-state index in [0.717, 1.165) is 18.1 Å². The molecule has 3 heteroatoms. The average Bonchev–Trinajstić information content (AvgIpc) is 2.65. The van der Waals surface area contributed by atoms with Crippen LogP contribution >= 0.6 is 11.3 Å². The molecule has 0 spiro atoms. The van der Waals surface area contributed by atoms with Gasteiger partial charge in [-0.2, -0.15) is 0 Å². The number of hydrogen-bond donors (Lipinski definition) is 1. The molecule has 1 N–H and O–H groups in total. The molecule has 0 saturated heterocycles. The number of pyridine rings is 1. The zero-order valence-corrected chi connectivity index (χ0v) is 9.77. The van der Waals surface area contributed by atoms with Gasteiger partial charge in [-0.15, -0.1) is 11.3 Å². The van der Waals surface area contributed by atoms with Gasteiger partial charge in [0.05, 0.1) is 5.69 Å². The minimum atomic E-state index is 0.902. The molecule has 0 fully saturated rings. The van der Waals surface area contributed by atoms with E-state index in [1.54, 1.807) is 11.3 Å². The maximum Gasteiger partial charge on any atom is 0.126 e. The van der Waals surface area contributed by atoms with Crippen molar-refractivity contribution in [1.82, 2.24) is 4.98 Å². The molecule has 2 aromatic heterocycles. The van der Waals surface area contributed by atoms with Crippen LogP contribution in [0.15, 0.2) is 29.6 Å². The van der Waals surface area contributed by atoms with E-state index in [4.69, 9.17) is 0 Å². The zero-order valence-electron chi connectivity index (χ0n) is 8.95. The van der Waals surface area contributed by atoms with Gasteiger partial charge < -0.3 is 5.32 Å². The molecule has 0 aliphatic carbocycles. The first kappa shape index (κ1) is 10.2. The topological polar surface area (TPSA) is 24.9 Å². The Morgan fingerprint density at radius 3 is 2.87 bits per heavy atom. The van der Waals surface area contributed by atoms with E-state index in [-0.39, 0.29) is 0 Å². The molecule has 0 atom stereocenters. The maximum atomic E-state index is 4.56. The van der Waals surface area contributed by atoms with Crippen molar-refractivity contribution < 1.29 is 0 Å². The summed E-state index contributed by atoms with van der Waals surface area (Å²) < 4.78 is 0. The van der Waals surface area contributed by atoms with Gasteiger partial charge in [-0.3, -0.25) is 0 Å². The van der Waals surface area contributed by atoms with Gasteiger partial charge in [0.25, 0.3) is 0 Å². The number of nitrogens with zero attached hydrogens (tertiary/aromatic N) is 1. The highest BCUT2D eigenvalue weighted by Crippen LogP contribution is 2.26. The summed E-state index contributed by atoms with van der Waals surface area (Å²) in [7, 11) is 0. The molecule has 0 aliphatic heterocycles. The van der Waals surface area contributed by atoms with Gasteiger partial charge in [0.1, 0.15) is 5.82 Å². The van der Waals surface area contributed by atoms with Crippen molar-refractivity contribution in [3.63, 3.8) is 0 Å². The number of thiophene rings is 1. The lowest BCUT2D eigenvalue weighted by Crippen LogP contribution is -1.99. The van der Waals surface area contributed by atoms with Crippen LogP contribution in [0, 0.1) is 6.92 Å². The fourth-order valence-corrected chi connectivity index (χ4v) is 2.22. The van der Waals surface area contributed by atoms with Gasteiger partial charge in [-0.1, -0.05) is 6.07 Å². The van der Waals surface area contributed by atoms with Crippen LogP contribution in [-0.2, 0) is 0 Å². The summed E-state index contributed by atoms with van der Waals surface area (Å²) in [5, 5.41) is 5.33. The number of aromatic nitrogens is 1. The van der Waals surface area contributed by atoms with Crippen LogP contribution in [-0.4, -0.2) is 11.5 Å². The summed E-state index contributed by atoms with van der Waals surface area (Å²) >= 11 is 1.76. The third-order valence-corrected chi connectivity index (χ3v) is 3.09. The molecular weight excluding hydrogens is 204 g/mol. The second-order valence-corrected chi connectivity index (χ2v) is 4.45. The summed E-state index contributed by atoms with van der Waals surface area (Å²) in [6.07, 6.45) is 0. The van der Waals surface area contributed by atoms with E-state index in [9.17, 15) is 0 Å². The van der Waals surface area contributed by atoms with Gasteiger partial charge in [0.15, 0.2) is 0 Å². The van der Waals surface area contributed by atoms with Gasteiger partial charge >= 0.3 is 0 Å². The van der Waals surface area contributed by atoms with Gasteiger partial charge in [-0.25, -0.2) is 4.98 Å². The highest BCUT2D eigenvalue weighted by molar-refractivity contribution is 7.10. The normalized spacial score (nSPS) is 10.3. The molecule has 2 heterocycles. The molecule has 0 radical (unpaired) electrons. The number of hydrogen-bond acceptors (Lipinski definition) is 3. The van der Waals surface area contributed by atoms with Crippen LogP contribution in [0.2, 0.25) is 0 Å². The lowest BCUT2D eigenvalue weighted by Gasteiger charge is -2.04. The summed E-state index contributed by atoms with van der Waals surface area (Å²) in [4.78, 5) is 5.88. The minimum Gasteiger partial charge on any atom is -0.370 e. The van der Waals surface area contributed by atoms with Crippen molar-refractivity contribution in [2.75, 3.05) is 11.9 Å². The smallest absolute Gasteiger partial charge is 0.126 e. The standard InChI is InChI=1S/C12H14N2S/c1-3-13-12-6-4-5-11(14-12)10-7-8-15-9(10)2/h4-8H,3H2,1-2H3,(H,13,14). The van der Waals surface area contributed by atoms with E-state index in [1.807, 2.05) is 12.1 Å². The molecule has 2 nitrogen and oxygen atoms in total. The van der Waals surface area contributed by atoms with Crippen molar-refractivity contribution in [3.05, 3.63) is 34.5 Å². The Morgan fingerprint density at radius 1 is 1.33 bits per heavy atom. The Morgan fingerprint density at radius 2 is 2.20 bits per heavy atom. The fraction of sp³-hybridized carbons (Fsp3) is 0.250. The van der Waals surface area contributed by atoms with Gasteiger partial charge in [0, 0.05) is 17.0 Å². The fourth-order valence-electron chi connectivity index (χ4n) is 1.51. The predicted molar refractivity (Wildman–Crippen MR) is 66.5 cm³/mol. The van der Waals surface area contributed by atoms with E-state index in [0.29, 0.717) is 0 Å². The summed E-state index contributed by atoms with van der Waals surface area (Å²) in [6.45, 7) is 5.10. The number of anilines is 1. The lowest BCUT2D eigenvalue weighted by molar-refractivity contribution is 1.16. The molecule has 0 unspecified atom stereocenters. The first-order valence-electron chi connectivity index (χ1n) is 5.06. The highest BCUT2D eigenvalue weighted by Gasteiger charge is 2.04. The van der Waals surface area contributed by atoms with Crippen molar-refractivity contribution in [2.45, 2.75) is 13.8 Å². The van der Waals surface area contributed by atoms with Crippen LogP contribution in [0.3, 0.4) is 0 Å². The van der Waals surface area contributed by atoms with Crippen molar-refractivity contribution >= 4 is 17.2 Å². The van der Waals surface area contributed by atoms with Crippen LogP contribution in [0.25, 0.3) is 11.3 Å². The zero-order chi connectivity index (χ0) is 10.7. The SMILES string of the molecule is CCNc1cccc(-c2ccsc2C)n1. The lowest BCUT2D eigenvalue weighted by atomic mass is 10.2. The number of rotatable bonds is 3. The largest absolute Gasteiger partial charge is 0.370 e. The van der Waals surface area contributed by atoms with E-state index in [1.165, 1.54) is 10.4 Å². The minimum absolute atomic E-state index is 0.902. The second-order valence-electron chi connectivity index (χ2n) is 3.33. The first-order chi connectivity index (χ1) is 7.31. The van der Waals surface area contributed by atoms with Gasteiger partial charge in [0.2, 0.25) is 0 Å². The van der Waals surface area contributed by atoms with E-state index >= 15 is 0 Å². The molecule has 15 heavy (non-hydrogen) atoms. The number of nitrogens with one attached hydrogen (secondary N) is 1. The third-order valence-electron chi connectivity index (χ3n) is 2.24. The average molecular weight is 218 g/mol. The summed E-state index contributed by atoms with van der Waals surface area (Å²) in [6, 6.07) is 8.21. The quantitative estimate of drug-likeness (QED) is 0.852. The second kappa shape index (κ2) is 4.45. The molecule has 0 saturated carbocycles. The Balaban J connectivity index is 2.37. The molecule has 78 valence electrons. The molecule has 0 amide bonds.